The molecule has 0 aliphatic heterocycles. The molecule has 0 unspecified atom stereocenters. The second-order valence-electron chi connectivity index (χ2n) is 4.44. The molecule has 6 heteroatoms. The Labute approximate surface area is 134 Å². The highest BCUT2D eigenvalue weighted by Gasteiger charge is 2.12. The van der Waals surface area contributed by atoms with Crippen molar-refractivity contribution in [3.8, 4) is 17.0 Å². The zero-order valence-electron chi connectivity index (χ0n) is 12.0. The number of halogens is 2. The first kappa shape index (κ1) is 15.9. The molecule has 0 amide bonds. The van der Waals surface area contributed by atoms with Crippen LogP contribution < -0.4 is 10.1 Å². The summed E-state index contributed by atoms with van der Waals surface area (Å²) in [5, 5.41) is 4.09. The van der Waals surface area contributed by atoms with Crippen molar-refractivity contribution in [3.63, 3.8) is 0 Å². The summed E-state index contributed by atoms with van der Waals surface area (Å²) in [6, 6.07) is 3.56. The quantitative estimate of drug-likeness (QED) is 0.838. The van der Waals surface area contributed by atoms with Gasteiger partial charge >= 0.3 is 0 Å². The van der Waals surface area contributed by atoms with Crippen LogP contribution >= 0.6 is 23.2 Å². The van der Waals surface area contributed by atoms with Crippen LogP contribution in [0.15, 0.2) is 24.5 Å². The molecule has 0 fully saturated rings. The third-order valence-electron chi connectivity index (χ3n) is 2.73. The fraction of sp³-hybridized carbons (Fsp3) is 0.333. The Morgan fingerprint density at radius 3 is 2.67 bits per heavy atom. The molecule has 0 spiro atoms. The lowest BCUT2D eigenvalue weighted by molar-refractivity contribution is 0.316. The maximum absolute atomic E-state index is 6.25. The van der Waals surface area contributed by atoms with E-state index in [1.807, 2.05) is 13.0 Å². The van der Waals surface area contributed by atoms with E-state index in [1.165, 1.54) is 0 Å². The van der Waals surface area contributed by atoms with Crippen LogP contribution in [0.4, 0.5) is 5.82 Å². The lowest BCUT2D eigenvalue weighted by Crippen LogP contribution is -2.02. The molecule has 1 N–H and O–H groups in total. The molecule has 0 saturated heterocycles. The van der Waals surface area contributed by atoms with Crippen LogP contribution in [-0.4, -0.2) is 23.1 Å². The first-order chi connectivity index (χ1) is 10.2. The number of aromatic nitrogens is 2. The third-order valence-corrected chi connectivity index (χ3v) is 3.31. The minimum Gasteiger partial charge on any atom is -0.492 e. The average Bonchev–Trinajstić information content (AvgIpc) is 2.48. The Bertz CT molecular complexity index is 620. The van der Waals surface area contributed by atoms with Crippen molar-refractivity contribution >= 4 is 29.0 Å². The Morgan fingerprint density at radius 2 is 1.95 bits per heavy atom. The second kappa shape index (κ2) is 7.48. The molecule has 0 bridgehead atoms. The van der Waals surface area contributed by atoms with E-state index < -0.39 is 0 Å². The summed E-state index contributed by atoms with van der Waals surface area (Å²) >= 11 is 12.4. The maximum Gasteiger partial charge on any atom is 0.145 e. The van der Waals surface area contributed by atoms with Crippen molar-refractivity contribution in [2.24, 2.45) is 0 Å². The van der Waals surface area contributed by atoms with Crippen LogP contribution in [0.25, 0.3) is 11.3 Å². The first-order valence-electron chi connectivity index (χ1n) is 6.83. The van der Waals surface area contributed by atoms with Gasteiger partial charge in [-0.15, -0.1) is 0 Å². The number of ether oxygens (including phenoxy) is 1. The van der Waals surface area contributed by atoms with Crippen LogP contribution in [0.1, 0.15) is 20.3 Å². The van der Waals surface area contributed by atoms with Gasteiger partial charge in [-0.2, -0.15) is 0 Å². The van der Waals surface area contributed by atoms with Crippen LogP contribution in [0.5, 0.6) is 5.75 Å². The lowest BCUT2D eigenvalue weighted by atomic mass is 10.2. The van der Waals surface area contributed by atoms with Crippen LogP contribution in [0, 0.1) is 0 Å². The second-order valence-corrected chi connectivity index (χ2v) is 5.25. The molecule has 0 radical (unpaired) electrons. The predicted molar refractivity (Wildman–Crippen MR) is 87.4 cm³/mol. The van der Waals surface area contributed by atoms with Gasteiger partial charge in [-0.3, -0.25) is 4.98 Å². The fourth-order valence-corrected chi connectivity index (χ4v) is 2.34. The lowest BCUT2D eigenvalue weighted by Gasteiger charge is -2.11. The van der Waals surface area contributed by atoms with E-state index in [0.717, 1.165) is 18.5 Å². The zero-order valence-corrected chi connectivity index (χ0v) is 13.5. The smallest absolute Gasteiger partial charge is 0.145 e. The van der Waals surface area contributed by atoms with Crippen LogP contribution in [0.2, 0.25) is 10.0 Å². The molecule has 0 saturated carbocycles. The van der Waals surface area contributed by atoms with Crippen molar-refractivity contribution in [1.82, 2.24) is 9.97 Å². The van der Waals surface area contributed by atoms with Gasteiger partial charge in [0.05, 0.1) is 28.5 Å². The Balaban J connectivity index is 2.38. The number of rotatable bonds is 6. The molecular formula is C15H17Cl2N3O. The molecule has 2 heterocycles. The van der Waals surface area contributed by atoms with Crippen molar-refractivity contribution in [2.75, 3.05) is 18.5 Å². The van der Waals surface area contributed by atoms with E-state index in [9.17, 15) is 0 Å². The third kappa shape index (κ3) is 3.99. The summed E-state index contributed by atoms with van der Waals surface area (Å²) in [6.45, 7) is 5.41. The van der Waals surface area contributed by atoms with E-state index >= 15 is 0 Å². The number of anilines is 1. The van der Waals surface area contributed by atoms with Crippen LogP contribution in [-0.2, 0) is 0 Å². The first-order valence-corrected chi connectivity index (χ1v) is 7.59. The highest BCUT2D eigenvalue weighted by molar-refractivity contribution is 6.37. The highest BCUT2D eigenvalue weighted by Crippen LogP contribution is 2.33. The van der Waals surface area contributed by atoms with Crippen molar-refractivity contribution in [3.05, 3.63) is 34.6 Å². The summed E-state index contributed by atoms with van der Waals surface area (Å²) < 4.78 is 5.58. The van der Waals surface area contributed by atoms with Gasteiger partial charge < -0.3 is 10.1 Å². The van der Waals surface area contributed by atoms with Crippen LogP contribution in [0.3, 0.4) is 0 Å². The Hall–Kier alpha value is -1.52. The molecule has 2 aromatic rings. The topological polar surface area (TPSA) is 47.0 Å². The van der Waals surface area contributed by atoms with Gasteiger partial charge in [-0.05, 0) is 25.5 Å². The van der Waals surface area contributed by atoms with Gasteiger partial charge in [-0.25, -0.2) is 4.98 Å². The largest absolute Gasteiger partial charge is 0.492 e. The summed E-state index contributed by atoms with van der Waals surface area (Å²) in [5.41, 5.74) is 1.43. The van der Waals surface area contributed by atoms with Gasteiger partial charge in [0.25, 0.3) is 0 Å². The highest BCUT2D eigenvalue weighted by atomic mass is 35.5. The average molecular weight is 326 g/mol. The monoisotopic (exact) mass is 325 g/mol. The summed E-state index contributed by atoms with van der Waals surface area (Å²) in [5.74, 6) is 1.31. The molecule has 21 heavy (non-hydrogen) atoms. The molecule has 2 aromatic heterocycles. The standard InChI is InChI=1S/C15H17Cl2N3O/c1-3-5-21-11-6-10(8-18-9-11)14-12(16)7-13(17)15(20-14)19-4-2/h6-9H,3-5H2,1-2H3,(H,19,20). The molecule has 0 aliphatic rings. The van der Waals surface area contributed by atoms with Gasteiger partial charge in [0.2, 0.25) is 0 Å². The van der Waals surface area contributed by atoms with Gasteiger partial charge in [-0.1, -0.05) is 30.1 Å². The van der Waals surface area contributed by atoms with E-state index in [2.05, 4.69) is 22.2 Å². The van der Waals surface area contributed by atoms with E-state index in [-0.39, 0.29) is 0 Å². The van der Waals surface area contributed by atoms with Crippen molar-refractivity contribution in [1.29, 1.82) is 0 Å². The Morgan fingerprint density at radius 1 is 1.14 bits per heavy atom. The SMILES string of the molecule is CCCOc1cncc(-c2nc(NCC)c(Cl)cc2Cl)c1. The van der Waals surface area contributed by atoms with E-state index in [4.69, 9.17) is 27.9 Å². The summed E-state index contributed by atoms with van der Waals surface area (Å²) in [4.78, 5) is 8.66. The fourth-order valence-electron chi connectivity index (χ4n) is 1.81. The number of hydrogen-bond acceptors (Lipinski definition) is 4. The zero-order chi connectivity index (χ0) is 15.2. The van der Waals surface area contributed by atoms with Gasteiger partial charge in [0.1, 0.15) is 11.6 Å². The van der Waals surface area contributed by atoms with Gasteiger partial charge in [0.15, 0.2) is 0 Å². The minimum absolute atomic E-state index is 0.482. The van der Waals surface area contributed by atoms with E-state index in [1.54, 1.807) is 18.5 Å². The molecule has 4 nitrogen and oxygen atoms in total. The molecule has 0 atom stereocenters. The summed E-state index contributed by atoms with van der Waals surface area (Å²) in [6.07, 6.45) is 4.32. The Kier molecular flexibility index (Phi) is 5.65. The van der Waals surface area contributed by atoms with E-state index in [0.29, 0.717) is 33.9 Å². The minimum atomic E-state index is 0.482. The maximum atomic E-state index is 6.25. The molecule has 0 aromatic carbocycles. The van der Waals surface area contributed by atoms with Gasteiger partial charge in [0, 0.05) is 18.3 Å². The van der Waals surface area contributed by atoms with Crippen molar-refractivity contribution in [2.45, 2.75) is 20.3 Å². The van der Waals surface area contributed by atoms with Crippen molar-refractivity contribution < 1.29 is 4.74 Å². The molecular weight excluding hydrogens is 309 g/mol. The normalized spacial score (nSPS) is 10.5. The predicted octanol–water partition coefficient (Wildman–Crippen LogP) is 4.67. The summed E-state index contributed by atoms with van der Waals surface area (Å²) in [7, 11) is 0. The molecule has 0 aliphatic carbocycles. The molecule has 112 valence electrons. The number of pyridine rings is 2. The number of nitrogens with one attached hydrogen (secondary N) is 1. The number of nitrogens with zero attached hydrogens (tertiary/aromatic N) is 2. The molecule has 2 rings (SSSR count). The number of hydrogen-bond donors (Lipinski definition) is 1.